The van der Waals surface area contributed by atoms with Crippen molar-refractivity contribution in [2.45, 2.75) is 32.6 Å². The molecule has 1 heterocycles. The zero-order chi connectivity index (χ0) is 10.6. The minimum atomic E-state index is -0.797. The highest BCUT2D eigenvalue weighted by Gasteiger charge is 2.05. The zero-order valence-corrected chi connectivity index (χ0v) is 8.40. The molecule has 0 saturated carbocycles. The number of aryl methyl sites for hydroxylation is 1. The summed E-state index contributed by atoms with van der Waals surface area (Å²) in [5.41, 5.74) is 0.797. The summed E-state index contributed by atoms with van der Waals surface area (Å²) >= 11 is 0. The molecule has 0 unspecified atom stereocenters. The molecule has 0 aliphatic heterocycles. The molecule has 0 spiro atoms. The Morgan fingerprint density at radius 3 is 2.86 bits per heavy atom. The smallest absolute Gasteiger partial charge is 0.303 e. The summed E-state index contributed by atoms with van der Waals surface area (Å²) in [5, 5.41) is 8.51. The molecular weight excluding hydrogens is 180 g/mol. The fourth-order valence-electron chi connectivity index (χ4n) is 1.07. The van der Waals surface area contributed by atoms with Gasteiger partial charge < -0.3 is 5.11 Å². The van der Waals surface area contributed by atoms with Crippen molar-refractivity contribution in [2.75, 3.05) is 0 Å². The van der Waals surface area contributed by atoms with Gasteiger partial charge in [-0.25, -0.2) is 9.97 Å². The van der Waals surface area contributed by atoms with Crippen molar-refractivity contribution in [3.05, 3.63) is 23.8 Å². The van der Waals surface area contributed by atoms with Crippen LogP contribution in [-0.4, -0.2) is 21.0 Å². The van der Waals surface area contributed by atoms with Crippen molar-refractivity contribution in [2.24, 2.45) is 0 Å². The van der Waals surface area contributed by atoms with E-state index in [2.05, 4.69) is 9.97 Å². The topological polar surface area (TPSA) is 63.1 Å². The molecule has 0 fully saturated rings. The summed E-state index contributed by atoms with van der Waals surface area (Å²) in [6.07, 6.45) is 2.27. The van der Waals surface area contributed by atoms with Crippen molar-refractivity contribution in [3.8, 4) is 0 Å². The molecule has 1 aromatic rings. The maximum Gasteiger partial charge on any atom is 0.303 e. The van der Waals surface area contributed by atoms with Crippen LogP contribution in [0.15, 0.2) is 12.3 Å². The number of aliphatic carboxylic acids is 1. The van der Waals surface area contributed by atoms with E-state index in [1.807, 2.05) is 13.8 Å². The maximum atomic E-state index is 10.3. The third-order valence-corrected chi connectivity index (χ3v) is 1.84. The number of aromatic nitrogens is 2. The quantitative estimate of drug-likeness (QED) is 0.791. The summed E-state index contributed by atoms with van der Waals surface area (Å²) in [7, 11) is 0. The monoisotopic (exact) mass is 194 g/mol. The summed E-state index contributed by atoms with van der Waals surface area (Å²) in [6, 6.07) is 1.76. The fourth-order valence-corrected chi connectivity index (χ4v) is 1.07. The third kappa shape index (κ3) is 3.12. The molecule has 4 nitrogen and oxygen atoms in total. The number of carbonyl (C=O) groups is 1. The van der Waals surface area contributed by atoms with Crippen LogP contribution >= 0.6 is 0 Å². The van der Waals surface area contributed by atoms with E-state index < -0.39 is 5.97 Å². The number of carboxylic acid groups (broad SMARTS) is 1. The van der Waals surface area contributed by atoms with E-state index in [0.29, 0.717) is 6.42 Å². The highest BCUT2D eigenvalue weighted by Crippen LogP contribution is 2.09. The second kappa shape index (κ2) is 4.69. The number of hydrogen-bond donors (Lipinski definition) is 1. The Balaban J connectivity index is 2.68. The first-order valence-corrected chi connectivity index (χ1v) is 4.63. The Morgan fingerprint density at radius 1 is 1.57 bits per heavy atom. The van der Waals surface area contributed by atoms with Crippen LogP contribution in [0, 0.1) is 0 Å². The van der Waals surface area contributed by atoms with Crippen LogP contribution in [0.25, 0.3) is 0 Å². The lowest BCUT2D eigenvalue weighted by Crippen LogP contribution is -2.03. The van der Waals surface area contributed by atoms with Gasteiger partial charge in [-0.15, -0.1) is 0 Å². The van der Waals surface area contributed by atoms with Gasteiger partial charge in [0.25, 0.3) is 0 Å². The Bertz CT molecular complexity index is 324. The Labute approximate surface area is 83.0 Å². The molecule has 0 radical (unpaired) electrons. The largest absolute Gasteiger partial charge is 0.481 e. The molecule has 4 heteroatoms. The molecule has 76 valence electrons. The van der Waals surface area contributed by atoms with Crippen molar-refractivity contribution < 1.29 is 9.90 Å². The zero-order valence-electron chi connectivity index (χ0n) is 8.40. The summed E-state index contributed by atoms with van der Waals surface area (Å²) in [6.45, 7) is 4.02. The van der Waals surface area contributed by atoms with E-state index in [0.717, 1.165) is 11.5 Å². The average Bonchev–Trinajstić information content (AvgIpc) is 2.15. The van der Waals surface area contributed by atoms with Crippen LogP contribution in [0.1, 0.15) is 37.7 Å². The van der Waals surface area contributed by atoms with E-state index >= 15 is 0 Å². The van der Waals surface area contributed by atoms with Crippen LogP contribution in [0.5, 0.6) is 0 Å². The standard InChI is InChI=1S/C10H14N2O2/c1-7(2)10-11-6-5-8(12-10)3-4-9(13)14/h5-7H,3-4H2,1-2H3,(H,13,14). The van der Waals surface area contributed by atoms with E-state index in [9.17, 15) is 4.79 Å². The van der Waals surface area contributed by atoms with E-state index in [-0.39, 0.29) is 12.3 Å². The highest BCUT2D eigenvalue weighted by atomic mass is 16.4. The van der Waals surface area contributed by atoms with Gasteiger partial charge in [-0.1, -0.05) is 13.8 Å². The van der Waals surface area contributed by atoms with Gasteiger partial charge in [0.2, 0.25) is 0 Å². The van der Waals surface area contributed by atoms with Crippen LogP contribution in [0.3, 0.4) is 0 Å². The van der Waals surface area contributed by atoms with Crippen LogP contribution in [0.4, 0.5) is 0 Å². The molecule has 14 heavy (non-hydrogen) atoms. The van der Waals surface area contributed by atoms with E-state index in [1.54, 1.807) is 12.3 Å². The predicted molar refractivity (Wildman–Crippen MR) is 52.1 cm³/mol. The van der Waals surface area contributed by atoms with Crippen molar-refractivity contribution >= 4 is 5.97 Å². The first-order chi connectivity index (χ1) is 6.59. The first kappa shape index (κ1) is 10.6. The van der Waals surface area contributed by atoms with Gasteiger partial charge in [0.05, 0.1) is 6.42 Å². The fraction of sp³-hybridized carbons (Fsp3) is 0.500. The lowest BCUT2D eigenvalue weighted by molar-refractivity contribution is -0.136. The Kier molecular flexibility index (Phi) is 3.56. The van der Waals surface area contributed by atoms with Gasteiger partial charge in [0, 0.05) is 24.2 Å². The Morgan fingerprint density at radius 2 is 2.29 bits per heavy atom. The molecule has 1 N–H and O–H groups in total. The summed E-state index contributed by atoms with van der Waals surface area (Å²) < 4.78 is 0. The lowest BCUT2D eigenvalue weighted by Gasteiger charge is -2.04. The number of nitrogens with zero attached hydrogens (tertiary/aromatic N) is 2. The molecule has 0 aliphatic carbocycles. The maximum absolute atomic E-state index is 10.3. The van der Waals surface area contributed by atoms with E-state index in [1.165, 1.54) is 0 Å². The molecule has 0 saturated heterocycles. The van der Waals surface area contributed by atoms with Crippen molar-refractivity contribution in [1.29, 1.82) is 0 Å². The molecule has 0 atom stereocenters. The lowest BCUT2D eigenvalue weighted by atomic mass is 10.2. The minimum absolute atomic E-state index is 0.120. The summed E-state index contributed by atoms with van der Waals surface area (Å²) in [5.74, 6) is 0.252. The average molecular weight is 194 g/mol. The van der Waals surface area contributed by atoms with E-state index in [4.69, 9.17) is 5.11 Å². The SMILES string of the molecule is CC(C)c1nccc(CCC(=O)O)n1. The third-order valence-electron chi connectivity index (χ3n) is 1.84. The Hall–Kier alpha value is -1.45. The molecule has 0 aliphatic rings. The van der Waals surface area contributed by atoms with Gasteiger partial charge in [0.1, 0.15) is 5.82 Å². The molecular formula is C10H14N2O2. The number of carboxylic acids is 1. The minimum Gasteiger partial charge on any atom is -0.481 e. The molecule has 0 bridgehead atoms. The van der Waals surface area contributed by atoms with Gasteiger partial charge in [-0.3, -0.25) is 4.79 Å². The second-order valence-corrected chi connectivity index (χ2v) is 3.45. The number of rotatable bonds is 4. The van der Waals surface area contributed by atoms with Crippen molar-refractivity contribution in [3.63, 3.8) is 0 Å². The summed E-state index contributed by atoms with van der Waals surface area (Å²) in [4.78, 5) is 18.7. The van der Waals surface area contributed by atoms with Crippen LogP contribution < -0.4 is 0 Å². The molecule has 0 aromatic carbocycles. The van der Waals surface area contributed by atoms with Gasteiger partial charge >= 0.3 is 5.97 Å². The number of hydrogen-bond acceptors (Lipinski definition) is 3. The van der Waals surface area contributed by atoms with Crippen LogP contribution in [-0.2, 0) is 11.2 Å². The van der Waals surface area contributed by atoms with Gasteiger partial charge in [-0.2, -0.15) is 0 Å². The predicted octanol–water partition coefficient (Wildman–Crippen LogP) is 1.62. The van der Waals surface area contributed by atoms with Gasteiger partial charge in [0.15, 0.2) is 0 Å². The van der Waals surface area contributed by atoms with Crippen LogP contribution in [0.2, 0.25) is 0 Å². The van der Waals surface area contributed by atoms with Crippen molar-refractivity contribution in [1.82, 2.24) is 9.97 Å². The highest BCUT2D eigenvalue weighted by molar-refractivity contribution is 5.66. The second-order valence-electron chi connectivity index (χ2n) is 3.45. The normalized spacial score (nSPS) is 10.5. The molecule has 0 amide bonds. The molecule has 1 rings (SSSR count). The molecule has 1 aromatic heterocycles. The first-order valence-electron chi connectivity index (χ1n) is 4.63. The van der Waals surface area contributed by atoms with Gasteiger partial charge in [-0.05, 0) is 6.07 Å².